The number of nitrogens with zero attached hydrogens (tertiary/aromatic N) is 2. The van der Waals surface area contributed by atoms with Crippen molar-refractivity contribution in [1.29, 1.82) is 0 Å². The van der Waals surface area contributed by atoms with E-state index in [9.17, 15) is 0 Å². The molecule has 1 saturated heterocycles. The summed E-state index contributed by atoms with van der Waals surface area (Å²) in [6, 6.07) is 6.80. The fourth-order valence-corrected chi connectivity index (χ4v) is 4.13. The Morgan fingerprint density at radius 2 is 1.95 bits per heavy atom. The SMILES string of the molecule is Cc1ccc2c(N3CCN(CCCCN)CC3)csc2c1. The van der Waals surface area contributed by atoms with E-state index in [-0.39, 0.29) is 0 Å². The number of aryl methyl sites for hydroxylation is 1. The molecule has 2 heterocycles. The van der Waals surface area contributed by atoms with Crippen molar-refractivity contribution >= 4 is 27.1 Å². The van der Waals surface area contributed by atoms with Crippen molar-refractivity contribution in [3.8, 4) is 0 Å². The van der Waals surface area contributed by atoms with Gasteiger partial charge in [0.05, 0.1) is 5.69 Å². The molecule has 21 heavy (non-hydrogen) atoms. The van der Waals surface area contributed by atoms with Crippen LogP contribution in [0.5, 0.6) is 0 Å². The Bertz CT molecular complexity index is 585. The van der Waals surface area contributed by atoms with E-state index < -0.39 is 0 Å². The Hall–Kier alpha value is -1.10. The highest BCUT2D eigenvalue weighted by molar-refractivity contribution is 7.17. The standard InChI is InChI=1S/C17H25N3S/c1-14-4-5-15-16(13-21-17(15)12-14)20-10-8-19(9-11-20)7-3-2-6-18/h4-5,12-13H,2-3,6-11,18H2,1H3. The maximum atomic E-state index is 5.57. The first-order valence-electron chi connectivity index (χ1n) is 7.93. The lowest BCUT2D eigenvalue weighted by Crippen LogP contribution is -2.46. The third-order valence-corrected chi connectivity index (χ3v) is 5.28. The van der Waals surface area contributed by atoms with Crippen molar-refractivity contribution in [2.45, 2.75) is 19.8 Å². The zero-order valence-electron chi connectivity index (χ0n) is 12.8. The molecule has 0 aliphatic carbocycles. The first-order chi connectivity index (χ1) is 10.3. The number of unbranched alkanes of at least 4 members (excludes halogenated alkanes) is 1. The van der Waals surface area contributed by atoms with Crippen LogP contribution in [0.25, 0.3) is 10.1 Å². The minimum absolute atomic E-state index is 0.820. The van der Waals surface area contributed by atoms with E-state index >= 15 is 0 Å². The number of hydrogen-bond acceptors (Lipinski definition) is 4. The highest BCUT2D eigenvalue weighted by Crippen LogP contribution is 2.34. The summed E-state index contributed by atoms with van der Waals surface area (Å²) in [5.74, 6) is 0. The van der Waals surface area contributed by atoms with Crippen molar-refractivity contribution in [3.63, 3.8) is 0 Å². The van der Waals surface area contributed by atoms with Gasteiger partial charge in [-0.05, 0) is 44.5 Å². The number of anilines is 1. The lowest BCUT2D eigenvalue weighted by atomic mass is 10.1. The summed E-state index contributed by atoms with van der Waals surface area (Å²) in [6.07, 6.45) is 2.38. The number of fused-ring (bicyclic) bond motifs is 1. The Morgan fingerprint density at radius 1 is 1.14 bits per heavy atom. The Labute approximate surface area is 131 Å². The summed E-state index contributed by atoms with van der Waals surface area (Å²) in [4.78, 5) is 5.12. The summed E-state index contributed by atoms with van der Waals surface area (Å²) in [5.41, 5.74) is 8.34. The van der Waals surface area contributed by atoms with Crippen LogP contribution in [0.2, 0.25) is 0 Å². The second-order valence-electron chi connectivity index (χ2n) is 5.95. The molecular weight excluding hydrogens is 278 g/mol. The Balaban J connectivity index is 1.63. The fraction of sp³-hybridized carbons (Fsp3) is 0.529. The number of nitrogens with two attached hydrogens (primary N) is 1. The van der Waals surface area contributed by atoms with Gasteiger partial charge in [0.2, 0.25) is 0 Å². The third kappa shape index (κ3) is 3.39. The number of rotatable bonds is 5. The van der Waals surface area contributed by atoms with Gasteiger partial charge in [0.25, 0.3) is 0 Å². The number of thiophene rings is 1. The first-order valence-corrected chi connectivity index (χ1v) is 8.81. The molecule has 1 aliphatic rings. The lowest BCUT2D eigenvalue weighted by Gasteiger charge is -2.35. The van der Waals surface area contributed by atoms with E-state index in [0.29, 0.717) is 0 Å². The molecule has 114 valence electrons. The van der Waals surface area contributed by atoms with Crippen LogP contribution in [-0.4, -0.2) is 44.2 Å². The molecular formula is C17H25N3S. The number of hydrogen-bond donors (Lipinski definition) is 1. The quantitative estimate of drug-likeness (QED) is 0.862. The van der Waals surface area contributed by atoms with Crippen molar-refractivity contribution in [2.75, 3.05) is 44.2 Å². The topological polar surface area (TPSA) is 32.5 Å². The molecule has 0 radical (unpaired) electrons. The van der Waals surface area contributed by atoms with Crippen molar-refractivity contribution in [3.05, 3.63) is 29.1 Å². The molecule has 0 bridgehead atoms. The number of benzene rings is 1. The molecule has 4 heteroatoms. The van der Waals surface area contributed by atoms with Crippen LogP contribution in [0.1, 0.15) is 18.4 Å². The van der Waals surface area contributed by atoms with Crippen LogP contribution >= 0.6 is 11.3 Å². The second kappa shape index (κ2) is 6.77. The average Bonchev–Trinajstić information content (AvgIpc) is 2.91. The number of piperazine rings is 1. The van der Waals surface area contributed by atoms with E-state index in [0.717, 1.165) is 26.1 Å². The van der Waals surface area contributed by atoms with Gasteiger partial charge in [-0.3, -0.25) is 4.90 Å². The molecule has 0 amide bonds. The van der Waals surface area contributed by atoms with Crippen LogP contribution in [0.4, 0.5) is 5.69 Å². The van der Waals surface area contributed by atoms with Crippen LogP contribution < -0.4 is 10.6 Å². The van der Waals surface area contributed by atoms with Gasteiger partial charge in [0, 0.05) is 41.6 Å². The van der Waals surface area contributed by atoms with Gasteiger partial charge in [-0.25, -0.2) is 0 Å². The molecule has 3 nitrogen and oxygen atoms in total. The Morgan fingerprint density at radius 3 is 2.71 bits per heavy atom. The minimum atomic E-state index is 0.820. The molecule has 1 aliphatic heterocycles. The maximum Gasteiger partial charge on any atom is 0.0555 e. The predicted molar refractivity (Wildman–Crippen MR) is 93.5 cm³/mol. The monoisotopic (exact) mass is 303 g/mol. The summed E-state index contributed by atoms with van der Waals surface area (Å²) < 4.78 is 1.41. The smallest absolute Gasteiger partial charge is 0.0555 e. The second-order valence-corrected chi connectivity index (χ2v) is 6.86. The van der Waals surface area contributed by atoms with Gasteiger partial charge < -0.3 is 10.6 Å². The molecule has 0 atom stereocenters. The molecule has 2 aromatic rings. The summed E-state index contributed by atoms with van der Waals surface area (Å²) in [5, 5.41) is 3.75. The van der Waals surface area contributed by atoms with Crippen LogP contribution in [0.15, 0.2) is 23.6 Å². The zero-order valence-corrected chi connectivity index (χ0v) is 13.7. The summed E-state index contributed by atoms with van der Waals surface area (Å²) in [7, 11) is 0. The van der Waals surface area contributed by atoms with Crippen molar-refractivity contribution in [2.24, 2.45) is 5.73 Å². The van der Waals surface area contributed by atoms with Crippen molar-refractivity contribution in [1.82, 2.24) is 4.90 Å². The third-order valence-electron chi connectivity index (χ3n) is 4.35. The van der Waals surface area contributed by atoms with Crippen LogP contribution in [-0.2, 0) is 0 Å². The van der Waals surface area contributed by atoms with Crippen molar-refractivity contribution < 1.29 is 0 Å². The molecule has 3 rings (SSSR count). The van der Waals surface area contributed by atoms with Crippen LogP contribution in [0.3, 0.4) is 0 Å². The molecule has 0 unspecified atom stereocenters. The zero-order chi connectivity index (χ0) is 14.7. The molecule has 0 saturated carbocycles. The molecule has 1 fully saturated rings. The largest absolute Gasteiger partial charge is 0.368 e. The van der Waals surface area contributed by atoms with Gasteiger partial charge in [-0.2, -0.15) is 0 Å². The maximum absolute atomic E-state index is 5.57. The molecule has 1 aromatic heterocycles. The molecule has 2 N–H and O–H groups in total. The minimum Gasteiger partial charge on any atom is -0.368 e. The van der Waals surface area contributed by atoms with Gasteiger partial charge >= 0.3 is 0 Å². The van der Waals surface area contributed by atoms with E-state index in [1.165, 1.54) is 47.4 Å². The molecule has 0 spiro atoms. The van der Waals surface area contributed by atoms with Gasteiger partial charge in [-0.15, -0.1) is 11.3 Å². The molecule has 1 aromatic carbocycles. The van der Waals surface area contributed by atoms with Gasteiger partial charge in [-0.1, -0.05) is 12.1 Å². The van der Waals surface area contributed by atoms with E-state index in [1.54, 1.807) is 0 Å². The highest BCUT2D eigenvalue weighted by atomic mass is 32.1. The summed E-state index contributed by atoms with van der Waals surface area (Å²) >= 11 is 1.87. The fourth-order valence-electron chi connectivity index (χ4n) is 3.06. The van der Waals surface area contributed by atoms with E-state index in [2.05, 4.69) is 40.3 Å². The van der Waals surface area contributed by atoms with Gasteiger partial charge in [0.15, 0.2) is 0 Å². The van der Waals surface area contributed by atoms with Gasteiger partial charge in [0.1, 0.15) is 0 Å². The van der Waals surface area contributed by atoms with E-state index in [1.807, 2.05) is 11.3 Å². The van der Waals surface area contributed by atoms with E-state index in [4.69, 9.17) is 5.73 Å². The normalized spacial score (nSPS) is 16.8. The first kappa shape index (κ1) is 14.8. The highest BCUT2D eigenvalue weighted by Gasteiger charge is 2.19. The lowest BCUT2D eigenvalue weighted by molar-refractivity contribution is 0.253. The van der Waals surface area contributed by atoms with Crippen LogP contribution in [0, 0.1) is 6.92 Å². The predicted octanol–water partition coefficient (Wildman–Crippen LogP) is 3.07. The summed E-state index contributed by atoms with van der Waals surface area (Å²) in [6.45, 7) is 8.82. The Kier molecular flexibility index (Phi) is 4.78. The average molecular weight is 303 g/mol.